The van der Waals surface area contributed by atoms with Crippen LogP contribution in [0.2, 0.25) is 0 Å². The van der Waals surface area contributed by atoms with Gasteiger partial charge in [-0.3, -0.25) is 4.79 Å². The molecular formula is C12H15BrN2O2. The minimum Gasteiger partial charge on any atom is -0.484 e. The van der Waals surface area contributed by atoms with Crippen LogP contribution in [0.4, 0.5) is 0 Å². The van der Waals surface area contributed by atoms with Crippen molar-refractivity contribution < 1.29 is 9.53 Å². The number of carbonyl (C=O) groups excluding carboxylic acids is 1. The summed E-state index contributed by atoms with van der Waals surface area (Å²) in [5.41, 5.74) is 2.40. The lowest BCUT2D eigenvalue weighted by Gasteiger charge is -2.04. The van der Waals surface area contributed by atoms with Crippen molar-refractivity contribution in [3.63, 3.8) is 0 Å². The summed E-state index contributed by atoms with van der Waals surface area (Å²) in [7, 11) is 0. The van der Waals surface area contributed by atoms with Gasteiger partial charge in [0.05, 0.1) is 0 Å². The van der Waals surface area contributed by atoms with Gasteiger partial charge in [-0.1, -0.05) is 29.3 Å². The topological polar surface area (TPSA) is 50.7 Å². The number of rotatable bonds is 6. The standard InChI is InChI=1S/C12H15BrN2O2/c1-2-3-8-14-15-12(16)9-17-11-6-4-10(13)5-7-11/h4-8H,2-3,9H2,1H3,(H,15,16)/b14-8+. The molecule has 0 radical (unpaired) electrons. The first-order valence-electron chi connectivity index (χ1n) is 5.41. The monoisotopic (exact) mass is 298 g/mol. The number of hydrogen-bond acceptors (Lipinski definition) is 3. The van der Waals surface area contributed by atoms with Gasteiger partial charge in [0.1, 0.15) is 5.75 Å². The van der Waals surface area contributed by atoms with Crippen LogP contribution in [0, 0.1) is 0 Å². The van der Waals surface area contributed by atoms with Crippen LogP contribution in [0.1, 0.15) is 19.8 Å². The number of unbranched alkanes of at least 4 members (excludes halogenated alkanes) is 1. The number of nitrogens with zero attached hydrogens (tertiary/aromatic N) is 1. The Kier molecular flexibility index (Phi) is 6.32. The molecule has 0 aliphatic rings. The average molecular weight is 299 g/mol. The number of halogens is 1. The zero-order valence-electron chi connectivity index (χ0n) is 9.65. The van der Waals surface area contributed by atoms with E-state index in [-0.39, 0.29) is 12.5 Å². The highest BCUT2D eigenvalue weighted by atomic mass is 79.9. The maximum absolute atomic E-state index is 11.3. The van der Waals surface area contributed by atoms with Gasteiger partial charge < -0.3 is 4.74 Å². The summed E-state index contributed by atoms with van der Waals surface area (Å²) >= 11 is 3.32. The van der Waals surface area contributed by atoms with Crippen LogP contribution >= 0.6 is 15.9 Å². The van der Waals surface area contributed by atoms with Crippen molar-refractivity contribution in [3.8, 4) is 5.75 Å². The van der Waals surface area contributed by atoms with E-state index >= 15 is 0 Å². The molecule has 5 heteroatoms. The van der Waals surface area contributed by atoms with Crippen LogP contribution in [-0.4, -0.2) is 18.7 Å². The lowest BCUT2D eigenvalue weighted by atomic mass is 10.3. The Hall–Kier alpha value is -1.36. The average Bonchev–Trinajstić information content (AvgIpc) is 2.34. The van der Waals surface area contributed by atoms with Crippen LogP contribution < -0.4 is 10.2 Å². The summed E-state index contributed by atoms with van der Waals surface area (Å²) in [6.45, 7) is 2.01. The van der Waals surface area contributed by atoms with Gasteiger partial charge in [0.15, 0.2) is 6.61 Å². The van der Waals surface area contributed by atoms with Crippen molar-refractivity contribution in [2.24, 2.45) is 5.10 Å². The summed E-state index contributed by atoms with van der Waals surface area (Å²) in [6, 6.07) is 7.29. The van der Waals surface area contributed by atoms with E-state index < -0.39 is 0 Å². The Morgan fingerprint density at radius 1 is 1.47 bits per heavy atom. The minimum atomic E-state index is -0.264. The zero-order chi connectivity index (χ0) is 12.5. The van der Waals surface area contributed by atoms with E-state index in [4.69, 9.17) is 4.74 Å². The van der Waals surface area contributed by atoms with E-state index in [2.05, 4.69) is 26.5 Å². The quantitative estimate of drug-likeness (QED) is 0.648. The number of hydrogen-bond donors (Lipinski definition) is 1. The van der Waals surface area contributed by atoms with E-state index in [0.29, 0.717) is 5.75 Å². The van der Waals surface area contributed by atoms with Gasteiger partial charge in [-0.05, 0) is 30.7 Å². The van der Waals surface area contributed by atoms with Crippen LogP contribution in [0.15, 0.2) is 33.8 Å². The van der Waals surface area contributed by atoms with Crippen LogP contribution in [-0.2, 0) is 4.79 Å². The van der Waals surface area contributed by atoms with Crippen molar-refractivity contribution in [1.82, 2.24) is 5.43 Å². The maximum Gasteiger partial charge on any atom is 0.277 e. The molecule has 0 bridgehead atoms. The molecule has 1 aromatic carbocycles. The highest BCUT2D eigenvalue weighted by Crippen LogP contribution is 2.15. The van der Waals surface area contributed by atoms with Gasteiger partial charge in [-0.25, -0.2) is 5.43 Å². The maximum atomic E-state index is 11.3. The molecule has 0 saturated carbocycles. The van der Waals surface area contributed by atoms with Crippen LogP contribution in [0.3, 0.4) is 0 Å². The Labute approximate surface area is 109 Å². The third-order valence-electron chi connectivity index (χ3n) is 1.88. The Morgan fingerprint density at radius 3 is 2.82 bits per heavy atom. The smallest absolute Gasteiger partial charge is 0.277 e. The fraction of sp³-hybridized carbons (Fsp3) is 0.333. The molecule has 0 aromatic heterocycles. The molecule has 1 N–H and O–H groups in total. The second-order valence-electron chi connectivity index (χ2n) is 3.38. The summed E-state index contributed by atoms with van der Waals surface area (Å²) in [5, 5.41) is 3.78. The molecule has 0 saturated heterocycles. The van der Waals surface area contributed by atoms with Gasteiger partial charge in [0.25, 0.3) is 5.91 Å². The first kappa shape index (κ1) is 13.7. The second kappa shape index (κ2) is 7.84. The predicted octanol–water partition coefficient (Wildman–Crippen LogP) is 2.73. The van der Waals surface area contributed by atoms with E-state index in [1.54, 1.807) is 18.3 Å². The van der Waals surface area contributed by atoms with Crippen molar-refractivity contribution in [2.45, 2.75) is 19.8 Å². The first-order chi connectivity index (χ1) is 8.22. The third-order valence-corrected chi connectivity index (χ3v) is 2.41. The molecular weight excluding hydrogens is 284 g/mol. The molecule has 92 valence electrons. The molecule has 0 aliphatic heterocycles. The van der Waals surface area contributed by atoms with Gasteiger partial charge in [-0.2, -0.15) is 5.10 Å². The van der Waals surface area contributed by atoms with Gasteiger partial charge >= 0.3 is 0 Å². The molecule has 0 unspecified atom stereocenters. The molecule has 0 atom stereocenters. The summed E-state index contributed by atoms with van der Waals surface area (Å²) in [4.78, 5) is 11.3. The van der Waals surface area contributed by atoms with Crippen LogP contribution in [0.25, 0.3) is 0 Å². The molecule has 0 aliphatic carbocycles. The number of carbonyl (C=O) groups is 1. The third kappa shape index (κ3) is 6.06. The van der Waals surface area contributed by atoms with E-state index in [9.17, 15) is 4.79 Å². The Bertz CT molecular complexity index is 377. The lowest BCUT2D eigenvalue weighted by molar-refractivity contribution is -0.123. The molecule has 0 spiro atoms. The zero-order valence-corrected chi connectivity index (χ0v) is 11.2. The Balaban J connectivity index is 2.26. The van der Waals surface area contributed by atoms with Gasteiger partial charge in [0, 0.05) is 10.7 Å². The number of hydrazone groups is 1. The minimum absolute atomic E-state index is 0.0366. The molecule has 0 heterocycles. The first-order valence-corrected chi connectivity index (χ1v) is 6.20. The number of benzene rings is 1. The van der Waals surface area contributed by atoms with E-state index in [1.165, 1.54) is 0 Å². The van der Waals surface area contributed by atoms with Crippen LogP contribution in [0.5, 0.6) is 5.75 Å². The highest BCUT2D eigenvalue weighted by Gasteiger charge is 2.00. The number of nitrogens with one attached hydrogen (secondary N) is 1. The fourth-order valence-corrected chi connectivity index (χ4v) is 1.29. The molecule has 1 amide bonds. The molecule has 17 heavy (non-hydrogen) atoms. The van der Waals surface area contributed by atoms with Crippen molar-refractivity contribution >= 4 is 28.1 Å². The van der Waals surface area contributed by atoms with Gasteiger partial charge in [0.2, 0.25) is 0 Å². The number of ether oxygens (including phenoxy) is 1. The van der Waals surface area contributed by atoms with E-state index in [0.717, 1.165) is 17.3 Å². The van der Waals surface area contributed by atoms with Crippen molar-refractivity contribution in [2.75, 3.05) is 6.61 Å². The summed E-state index contributed by atoms with van der Waals surface area (Å²) < 4.78 is 6.24. The molecule has 1 aromatic rings. The fourth-order valence-electron chi connectivity index (χ4n) is 1.02. The predicted molar refractivity (Wildman–Crippen MR) is 71.2 cm³/mol. The molecule has 1 rings (SSSR count). The van der Waals surface area contributed by atoms with Gasteiger partial charge in [-0.15, -0.1) is 0 Å². The SMILES string of the molecule is CCC/C=N/NC(=O)COc1ccc(Br)cc1. The lowest BCUT2D eigenvalue weighted by Crippen LogP contribution is -2.24. The number of amides is 1. The second-order valence-corrected chi connectivity index (χ2v) is 4.29. The van der Waals surface area contributed by atoms with Crippen molar-refractivity contribution in [3.05, 3.63) is 28.7 Å². The Morgan fingerprint density at radius 2 is 2.18 bits per heavy atom. The molecule has 4 nitrogen and oxygen atoms in total. The summed E-state index contributed by atoms with van der Waals surface area (Å²) in [6.07, 6.45) is 3.54. The van der Waals surface area contributed by atoms with Crippen molar-refractivity contribution in [1.29, 1.82) is 0 Å². The summed E-state index contributed by atoms with van der Waals surface area (Å²) in [5.74, 6) is 0.390. The molecule has 0 fully saturated rings. The largest absolute Gasteiger partial charge is 0.484 e. The normalized spacial score (nSPS) is 10.5. The van der Waals surface area contributed by atoms with E-state index in [1.807, 2.05) is 19.1 Å². The highest BCUT2D eigenvalue weighted by molar-refractivity contribution is 9.10.